The van der Waals surface area contributed by atoms with E-state index >= 15 is 0 Å². The lowest BCUT2D eigenvalue weighted by Gasteiger charge is -2.04. The highest BCUT2D eigenvalue weighted by Crippen LogP contribution is 2.34. The standard InChI is InChI=1S/C16H16N2O/c1-10-12-8-13(17)15(19-2)9-14(12)18-16(10)11-6-4-3-5-7-11/h3-9,18H,17H2,1-2H3. The predicted octanol–water partition coefficient (Wildman–Crippen LogP) is 3.73. The average molecular weight is 252 g/mol. The number of hydrogen-bond donors (Lipinski definition) is 2. The Hall–Kier alpha value is -2.42. The van der Waals surface area contributed by atoms with Crippen LogP contribution in [0.2, 0.25) is 0 Å². The van der Waals surface area contributed by atoms with Crippen molar-refractivity contribution in [3.8, 4) is 17.0 Å². The van der Waals surface area contributed by atoms with Gasteiger partial charge in [-0.25, -0.2) is 0 Å². The van der Waals surface area contributed by atoms with Crippen LogP contribution in [-0.2, 0) is 0 Å². The summed E-state index contributed by atoms with van der Waals surface area (Å²) in [7, 11) is 1.63. The van der Waals surface area contributed by atoms with Gasteiger partial charge in [0.05, 0.1) is 12.8 Å². The van der Waals surface area contributed by atoms with Crippen molar-refractivity contribution in [1.82, 2.24) is 4.98 Å². The van der Waals surface area contributed by atoms with Gasteiger partial charge in [-0.15, -0.1) is 0 Å². The Morgan fingerprint density at radius 3 is 2.53 bits per heavy atom. The fourth-order valence-electron chi connectivity index (χ4n) is 2.44. The quantitative estimate of drug-likeness (QED) is 0.683. The van der Waals surface area contributed by atoms with Crippen molar-refractivity contribution in [3.63, 3.8) is 0 Å². The highest BCUT2D eigenvalue weighted by molar-refractivity contribution is 5.94. The molecule has 3 heteroatoms. The van der Waals surface area contributed by atoms with Gasteiger partial charge in [0.2, 0.25) is 0 Å². The van der Waals surface area contributed by atoms with Crippen LogP contribution in [0.5, 0.6) is 5.75 Å². The number of hydrogen-bond acceptors (Lipinski definition) is 2. The molecule has 0 bridgehead atoms. The second kappa shape index (κ2) is 4.35. The second-order valence-corrected chi connectivity index (χ2v) is 4.63. The number of methoxy groups -OCH3 is 1. The Kier molecular flexibility index (Phi) is 2.67. The molecule has 3 N–H and O–H groups in total. The lowest BCUT2D eigenvalue weighted by atomic mass is 10.1. The highest BCUT2D eigenvalue weighted by atomic mass is 16.5. The molecular formula is C16H16N2O. The predicted molar refractivity (Wildman–Crippen MR) is 79.4 cm³/mol. The number of aryl methyl sites for hydroxylation is 1. The monoisotopic (exact) mass is 252 g/mol. The third-order valence-electron chi connectivity index (χ3n) is 3.47. The van der Waals surface area contributed by atoms with Gasteiger partial charge in [0.25, 0.3) is 0 Å². The van der Waals surface area contributed by atoms with E-state index in [4.69, 9.17) is 10.5 Å². The highest BCUT2D eigenvalue weighted by Gasteiger charge is 2.11. The number of nitrogen functional groups attached to an aromatic ring is 1. The number of anilines is 1. The van der Waals surface area contributed by atoms with Crippen LogP contribution in [0.1, 0.15) is 5.56 Å². The Morgan fingerprint density at radius 2 is 1.84 bits per heavy atom. The molecule has 3 rings (SSSR count). The number of H-pyrrole nitrogens is 1. The summed E-state index contributed by atoms with van der Waals surface area (Å²) < 4.78 is 5.26. The average Bonchev–Trinajstić information content (AvgIpc) is 2.76. The number of nitrogens with two attached hydrogens (primary N) is 1. The summed E-state index contributed by atoms with van der Waals surface area (Å²) in [5.74, 6) is 0.702. The molecule has 0 aliphatic carbocycles. The summed E-state index contributed by atoms with van der Waals surface area (Å²) in [6.45, 7) is 2.10. The maximum Gasteiger partial charge on any atom is 0.143 e. The van der Waals surface area contributed by atoms with Crippen LogP contribution in [0, 0.1) is 6.92 Å². The summed E-state index contributed by atoms with van der Waals surface area (Å²) in [4.78, 5) is 3.45. The maximum absolute atomic E-state index is 5.98. The van der Waals surface area contributed by atoms with E-state index in [1.165, 1.54) is 11.1 Å². The van der Waals surface area contributed by atoms with Crippen LogP contribution in [0.15, 0.2) is 42.5 Å². The fraction of sp³-hybridized carbons (Fsp3) is 0.125. The summed E-state index contributed by atoms with van der Waals surface area (Å²) in [6.07, 6.45) is 0. The van der Waals surface area contributed by atoms with E-state index in [9.17, 15) is 0 Å². The van der Waals surface area contributed by atoms with Gasteiger partial charge in [-0.1, -0.05) is 30.3 Å². The summed E-state index contributed by atoms with van der Waals surface area (Å²) in [5.41, 5.74) is 11.2. The molecule has 96 valence electrons. The number of rotatable bonds is 2. The molecule has 0 spiro atoms. The molecule has 19 heavy (non-hydrogen) atoms. The van der Waals surface area contributed by atoms with Crippen LogP contribution >= 0.6 is 0 Å². The number of aromatic nitrogens is 1. The van der Waals surface area contributed by atoms with Crippen LogP contribution in [-0.4, -0.2) is 12.1 Å². The Balaban J connectivity index is 2.26. The second-order valence-electron chi connectivity index (χ2n) is 4.63. The maximum atomic E-state index is 5.98. The minimum Gasteiger partial charge on any atom is -0.495 e. The number of benzene rings is 2. The molecular weight excluding hydrogens is 236 g/mol. The lowest BCUT2D eigenvalue weighted by molar-refractivity contribution is 0.417. The van der Waals surface area contributed by atoms with Crippen LogP contribution in [0.25, 0.3) is 22.2 Å². The number of ether oxygens (including phenoxy) is 1. The van der Waals surface area contributed by atoms with Crippen molar-refractivity contribution in [2.75, 3.05) is 12.8 Å². The van der Waals surface area contributed by atoms with Crippen molar-refractivity contribution in [2.45, 2.75) is 6.92 Å². The van der Waals surface area contributed by atoms with Crippen molar-refractivity contribution in [2.24, 2.45) is 0 Å². The molecule has 0 saturated heterocycles. The Morgan fingerprint density at radius 1 is 1.11 bits per heavy atom. The third-order valence-corrected chi connectivity index (χ3v) is 3.47. The van der Waals surface area contributed by atoms with E-state index in [1.807, 2.05) is 30.3 Å². The zero-order valence-corrected chi connectivity index (χ0v) is 11.0. The number of nitrogens with one attached hydrogen (secondary N) is 1. The Bertz CT molecular complexity index is 729. The molecule has 1 aromatic heterocycles. The van der Waals surface area contributed by atoms with Crippen LogP contribution in [0.4, 0.5) is 5.69 Å². The van der Waals surface area contributed by atoms with Crippen LogP contribution in [0.3, 0.4) is 0 Å². The zero-order chi connectivity index (χ0) is 13.4. The molecule has 0 aliphatic heterocycles. The fourth-order valence-corrected chi connectivity index (χ4v) is 2.44. The summed E-state index contributed by atoms with van der Waals surface area (Å²) in [5, 5.41) is 1.14. The molecule has 0 amide bonds. The largest absolute Gasteiger partial charge is 0.495 e. The van der Waals surface area contributed by atoms with Gasteiger partial charge < -0.3 is 15.5 Å². The molecule has 0 radical (unpaired) electrons. The first-order chi connectivity index (χ1) is 9.20. The molecule has 3 aromatic rings. The van der Waals surface area contributed by atoms with E-state index in [0.29, 0.717) is 11.4 Å². The normalized spacial score (nSPS) is 10.8. The van der Waals surface area contributed by atoms with E-state index in [2.05, 4.69) is 24.0 Å². The first-order valence-corrected chi connectivity index (χ1v) is 6.22. The molecule has 0 aliphatic rings. The van der Waals surface area contributed by atoms with Crippen molar-refractivity contribution < 1.29 is 4.74 Å². The van der Waals surface area contributed by atoms with Gasteiger partial charge >= 0.3 is 0 Å². The molecule has 0 fully saturated rings. The van der Waals surface area contributed by atoms with Gasteiger partial charge in [0.15, 0.2) is 0 Å². The van der Waals surface area contributed by atoms with Gasteiger partial charge in [0.1, 0.15) is 5.75 Å². The number of fused-ring (bicyclic) bond motifs is 1. The van der Waals surface area contributed by atoms with E-state index in [1.54, 1.807) is 7.11 Å². The minimum absolute atomic E-state index is 0.664. The van der Waals surface area contributed by atoms with E-state index in [0.717, 1.165) is 16.6 Å². The van der Waals surface area contributed by atoms with Gasteiger partial charge in [-0.05, 0) is 24.1 Å². The topological polar surface area (TPSA) is 51.0 Å². The third kappa shape index (κ3) is 1.83. The molecule has 3 nitrogen and oxygen atoms in total. The van der Waals surface area contributed by atoms with Gasteiger partial charge in [-0.3, -0.25) is 0 Å². The molecule has 0 atom stereocenters. The minimum atomic E-state index is 0.664. The zero-order valence-electron chi connectivity index (χ0n) is 11.0. The van der Waals surface area contributed by atoms with E-state index < -0.39 is 0 Å². The molecule has 0 saturated carbocycles. The van der Waals surface area contributed by atoms with Gasteiger partial charge in [-0.2, -0.15) is 0 Å². The molecule has 2 aromatic carbocycles. The first-order valence-electron chi connectivity index (χ1n) is 6.22. The summed E-state index contributed by atoms with van der Waals surface area (Å²) >= 11 is 0. The van der Waals surface area contributed by atoms with Gasteiger partial charge in [0, 0.05) is 22.7 Å². The molecule has 1 heterocycles. The van der Waals surface area contributed by atoms with E-state index in [-0.39, 0.29) is 0 Å². The molecule has 0 unspecified atom stereocenters. The first kappa shape index (κ1) is 11.7. The number of aromatic amines is 1. The lowest BCUT2D eigenvalue weighted by Crippen LogP contribution is -1.91. The smallest absolute Gasteiger partial charge is 0.143 e. The summed E-state index contributed by atoms with van der Waals surface area (Å²) in [6, 6.07) is 14.2. The Labute approximate surface area is 112 Å². The van der Waals surface area contributed by atoms with Crippen molar-refractivity contribution in [3.05, 3.63) is 48.0 Å². The van der Waals surface area contributed by atoms with Crippen molar-refractivity contribution in [1.29, 1.82) is 0 Å². The van der Waals surface area contributed by atoms with Crippen molar-refractivity contribution >= 4 is 16.6 Å². The SMILES string of the molecule is COc1cc2[nH]c(-c3ccccc3)c(C)c2cc1N. The van der Waals surface area contributed by atoms with Crippen LogP contribution < -0.4 is 10.5 Å².